The quantitative estimate of drug-likeness (QED) is 0.839. The number of hydrogen-bond donors (Lipinski definition) is 2. The molecule has 0 radical (unpaired) electrons. The van der Waals surface area contributed by atoms with E-state index in [0.717, 1.165) is 30.0 Å². The Bertz CT molecular complexity index is 405. The molecule has 4 nitrogen and oxygen atoms in total. The zero-order valence-electron chi connectivity index (χ0n) is 9.54. The first-order valence-electron chi connectivity index (χ1n) is 5.44. The summed E-state index contributed by atoms with van der Waals surface area (Å²) >= 11 is 1.40. The van der Waals surface area contributed by atoms with Crippen molar-refractivity contribution in [2.24, 2.45) is 0 Å². The molecular weight excluding hydrogens is 224 g/mol. The van der Waals surface area contributed by atoms with Gasteiger partial charge in [-0.2, -0.15) is 0 Å². The van der Waals surface area contributed by atoms with Crippen LogP contribution in [0.25, 0.3) is 0 Å². The Kier molecular flexibility index (Phi) is 2.99. The first-order chi connectivity index (χ1) is 7.56. The Morgan fingerprint density at radius 1 is 1.56 bits per heavy atom. The number of aliphatic hydroxyl groups excluding tert-OH is 1. The minimum atomic E-state index is -0.374. The standard InChI is InChI=1S/C11H16N2O2S/c1-7-9(16-8(2)12-7)10(15)13-11(6-14)4-3-5-11/h14H,3-6H2,1-2H3,(H,13,15). The maximum Gasteiger partial charge on any atom is 0.263 e. The smallest absolute Gasteiger partial charge is 0.263 e. The van der Waals surface area contributed by atoms with Crippen LogP contribution in [0.2, 0.25) is 0 Å². The van der Waals surface area contributed by atoms with Gasteiger partial charge in [0.1, 0.15) is 4.88 Å². The first-order valence-corrected chi connectivity index (χ1v) is 6.25. The molecule has 0 spiro atoms. The van der Waals surface area contributed by atoms with Crippen LogP contribution in [0.4, 0.5) is 0 Å². The van der Waals surface area contributed by atoms with Crippen LogP contribution in [0.3, 0.4) is 0 Å². The lowest BCUT2D eigenvalue weighted by atomic mass is 9.77. The van der Waals surface area contributed by atoms with Crippen LogP contribution in [0.15, 0.2) is 0 Å². The molecule has 16 heavy (non-hydrogen) atoms. The van der Waals surface area contributed by atoms with Gasteiger partial charge in [0.05, 0.1) is 22.8 Å². The van der Waals surface area contributed by atoms with E-state index in [4.69, 9.17) is 0 Å². The van der Waals surface area contributed by atoms with E-state index in [0.29, 0.717) is 4.88 Å². The minimum absolute atomic E-state index is 0.0234. The van der Waals surface area contributed by atoms with Gasteiger partial charge in [0.25, 0.3) is 5.91 Å². The molecule has 0 aliphatic heterocycles. The Hall–Kier alpha value is -0.940. The highest BCUT2D eigenvalue weighted by atomic mass is 32.1. The van der Waals surface area contributed by atoms with Crippen molar-refractivity contribution in [3.05, 3.63) is 15.6 Å². The van der Waals surface area contributed by atoms with Gasteiger partial charge in [0.2, 0.25) is 0 Å². The fourth-order valence-electron chi connectivity index (χ4n) is 1.97. The maximum absolute atomic E-state index is 12.0. The average Bonchev–Trinajstić information content (AvgIpc) is 2.51. The topological polar surface area (TPSA) is 62.2 Å². The SMILES string of the molecule is Cc1nc(C)c(C(=O)NC2(CO)CCC2)s1. The molecule has 0 unspecified atom stereocenters. The molecule has 1 heterocycles. The first kappa shape index (κ1) is 11.5. The lowest BCUT2D eigenvalue weighted by Gasteiger charge is -2.40. The third-order valence-corrected chi connectivity index (χ3v) is 4.17. The van der Waals surface area contributed by atoms with E-state index in [1.54, 1.807) is 0 Å². The van der Waals surface area contributed by atoms with Crippen molar-refractivity contribution >= 4 is 17.2 Å². The number of thiazole rings is 1. The van der Waals surface area contributed by atoms with Crippen molar-refractivity contribution in [2.45, 2.75) is 38.6 Å². The van der Waals surface area contributed by atoms with Crippen molar-refractivity contribution in [1.29, 1.82) is 0 Å². The van der Waals surface area contributed by atoms with Crippen LogP contribution in [0, 0.1) is 13.8 Å². The van der Waals surface area contributed by atoms with Crippen LogP contribution in [-0.4, -0.2) is 28.1 Å². The van der Waals surface area contributed by atoms with Gasteiger partial charge in [0.15, 0.2) is 0 Å². The molecule has 1 aromatic rings. The number of aryl methyl sites for hydroxylation is 2. The number of carbonyl (C=O) groups excluding carboxylic acids is 1. The molecule has 2 N–H and O–H groups in total. The van der Waals surface area contributed by atoms with Crippen LogP contribution in [0.1, 0.15) is 39.6 Å². The molecule has 0 saturated heterocycles. The van der Waals surface area contributed by atoms with E-state index in [-0.39, 0.29) is 18.1 Å². The van der Waals surface area contributed by atoms with Crippen LogP contribution in [0.5, 0.6) is 0 Å². The molecule has 5 heteroatoms. The summed E-state index contributed by atoms with van der Waals surface area (Å²) in [6.45, 7) is 3.75. The fourth-order valence-corrected chi connectivity index (χ4v) is 2.78. The second kappa shape index (κ2) is 4.14. The zero-order valence-corrected chi connectivity index (χ0v) is 10.4. The van der Waals surface area contributed by atoms with E-state index in [1.807, 2.05) is 13.8 Å². The second-order valence-electron chi connectivity index (χ2n) is 4.39. The molecule has 2 rings (SSSR count). The summed E-state index contributed by atoms with van der Waals surface area (Å²) in [5.74, 6) is -0.100. The zero-order chi connectivity index (χ0) is 11.8. The third-order valence-electron chi connectivity index (χ3n) is 3.10. The lowest BCUT2D eigenvalue weighted by molar-refractivity contribution is 0.0644. The Morgan fingerprint density at radius 3 is 2.62 bits per heavy atom. The van der Waals surface area contributed by atoms with E-state index < -0.39 is 0 Å². The van der Waals surface area contributed by atoms with Gasteiger partial charge in [-0.25, -0.2) is 4.98 Å². The summed E-state index contributed by atoms with van der Waals surface area (Å²) in [7, 11) is 0. The van der Waals surface area contributed by atoms with Crippen molar-refractivity contribution in [3.63, 3.8) is 0 Å². The highest BCUT2D eigenvalue weighted by molar-refractivity contribution is 7.13. The molecule has 1 amide bonds. The van der Waals surface area contributed by atoms with E-state index >= 15 is 0 Å². The van der Waals surface area contributed by atoms with Gasteiger partial charge in [-0.1, -0.05) is 0 Å². The number of nitrogens with one attached hydrogen (secondary N) is 1. The molecule has 0 atom stereocenters. The van der Waals surface area contributed by atoms with Crippen LogP contribution >= 0.6 is 11.3 Å². The predicted octanol–water partition coefficient (Wildman–Crippen LogP) is 1.40. The van der Waals surface area contributed by atoms with E-state index in [2.05, 4.69) is 10.3 Å². The molecule has 1 aliphatic rings. The van der Waals surface area contributed by atoms with Crippen LogP contribution < -0.4 is 5.32 Å². The summed E-state index contributed by atoms with van der Waals surface area (Å²) in [5.41, 5.74) is 0.397. The summed E-state index contributed by atoms with van der Waals surface area (Å²) in [5, 5.41) is 13.1. The number of amides is 1. The van der Waals surface area contributed by atoms with Crippen LogP contribution in [-0.2, 0) is 0 Å². The normalized spacial score (nSPS) is 17.9. The van der Waals surface area contributed by atoms with Gasteiger partial charge in [-0.15, -0.1) is 11.3 Å². The third kappa shape index (κ3) is 1.97. The van der Waals surface area contributed by atoms with Crippen molar-refractivity contribution in [1.82, 2.24) is 10.3 Å². The molecule has 0 bridgehead atoms. The number of carbonyl (C=O) groups is 1. The molecule has 1 aromatic heterocycles. The highest BCUT2D eigenvalue weighted by Gasteiger charge is 2.38. The number of aliphatic hydroxyl groups is 1. The molecule has 1 aliphatic carbocycles. The molecule has 0 aromatic carbocycles. The van der Waals surface area contributed by atoms with Gasteiger partial charge >= 0.3 is 0 Å². The predicted molar refractivity (Wildman–Crippen MR) is 62.7 cm³/mol. The van der Waals surface area contributed by atoms with Crippen molar-refractivity contribution in [3.8, 4) is 0 Å². The molecule has 1 fully saturated rings. The summed E-state index contributed by atoms with van der Waals surface area (Å²) < 4.78 is 0. The van der Waals surface area contributed by atoms with Gasteiger partial charge in [-0.05, 0) is 33.1 Å². The lowest BCUT2D eigenvalue weighted by Crippen LogP contribution is -2.56. The van der Waals surface area contributed by atoms with E-state index in [1.165, 1.54) is 11.3 Å². The number of hydrogen-bond acceptors (Lipinski definition) is 4. The summed E-state index contributed by atoms with van der Waals surface area (Å²) in [6, 6.07) is 0. The minimum Gasteiger partial charge on any atom is -0.394 e. The number of rotatable bonds is 3. The Morgan fingerprint density at radius 2 is 2.25 bits per heavy atom. The van der Waals surface area contributed by atoms with E-state index in [9.17, 15) is 9.90 Å². The maximum atomic E-state index is 12.0. The molecule has 88 valence electrons. The summed E-state index contributed by atoms with van der Waals surface area (Å²) in [4.78, 5) is 16.9. The number of nitrogens with zero attached hydrogens (tertiary/aromatic N) is 1. The summed E-state index contributed by atoms with van der Waals surface area (Å²) in [6.07, 6.45) is 2.81. The Labute approximate surface area is 98.7 Å². The van der Waals surface area contributed by atoms with Gasteiger partial charge < -0.3 is 10.4 Å². The fraction of sp³-hybridized carbons (Fsp3) is 0.636. The number of aromatic nitrogens is 1. The highest BCUT2D eigenvalue weighted by Crippen LogP contribution is 2.32. The van der Waals surface area contributed by atoms with Crippen molar-refractivity contribution < 1.29 is 9.90 Å². The average molecular weight is 240 g/mol. The largest absolute Gasteiger partial charge is 0.394 e. The van der Waals surface area contributed by atoms with Crippen molar-refractivity contribution in [2.75, 3.05) is 6.61 Å². The monoisotopic (exact) mass is 240 g/mol. The van der Waals surface area contributed by atoms with Gasteiger partial charge in [0, 0.05) is 0 Å². The Balaban J connectivity index is 2.11. The second-order valence-corrected chi connectivity index (χ2v) is 5.60. The van der Waals surface area contributed by atoms with Gasteiger partial charge in [-0.3, -0.25) is 4.79 Å². The molecule has 1 saturated carbocycles. The molecular formula is C11H16N2O2S.